The molecule has 1 aliphatic rings. The van der Waals surface area contributed by atoms with E-state index in [9.17, 15) is 0 Å². The lowest BCUT2D eigenvalue weighted by Crippen LogP contribution is -2.48. The van der Waals surface area contributed by atoms with Gasteiger partial charge < -0.3 is 19.7 Å². The summed E-state index contributed by atoms with van der Waals surface area (Å²) in [6, 6.07) is 8.40. The van der Waals surface area contributed by atoms with Crippen LogP contribution in [0, 0.1) is 6.92 Å². The second-order valence-corrected chi connectivity index (χ2v) is 5.13. The van der Waals surface area contributed by atoms with Crippen LogP contribution in [0.1, 0.15) is 17.2 Å². The Balaban J connectivity index is 0.00000242. The third-order valence-corrected chi connectivity index (χ3v) is 3.70. The second kappa shape index (κ2) is 10.0. The lowest BCUT2D eigenvalue weighted by atomic mass is 10.0. The SMILES string of the molecule is CN=C(NCCOC)N1CCOC(c2ccccc2C)C1.I. The molecule has 1 N–H and O–H groups in total. The van der Waals surface area contributed by atoms with Gasteiger partial charge in [-0.25, -0.2) is 0 Å². The molecule has 0 bridgehead atoms. The van der Waals surface area contributed by atoms with Crippen molar-refractivity contribution in [3.05, 3.63) is 35.4 Å². The number of nitrogens with one attached hydrogen (secondary N) is 1. The van der Waals surface area contributed by atoms with Crippen molar-refractivity contribution in [2.24, 2.45) is 4.99 Å². The molecule has 1 atom stereocenters. The topological polar surface area (TPSA) is 46.1 Å². The highest BCUT2D eigenvalue weighted by molar-refractivity contribution is 14.0. The molecule has 124 valence electrons. The number of nitrogens with zero attached hydrogens (tertiary/aromatic N) is 2. The number of ether oxygens (including phenoxy) is 2. The predicted octanol–water partition coefficient (Wildman–Crippen LogP) is 2.21. The Morgan fingerprint density at radius 1 is 1.45 bits per heavy atom. The molecule has 1 unspecified atom stereocenters. The molecule has 0 aliphatic carbocycles. The van der Waals surface area contributed by atoms with E-state index in [1.165, 1.54) is 11.1 Å². The van der Waals surface area contributed by atoms with Gasteiger partial charge in [-0.3, -0.25) is 4.99 Å². The minimum absolute atomic E-state index is 0. The Hall–Kier alpha value is -0.860. The first-order chi connectivity index (χ1) is 10.3. The number of benzene rings is 1. The molecule has 0 saturated carbocycles. The summed E-state index contributed by atoms with van der Waals surface area (Å²) >= 11 is 0. The molecule has 5 nitrogen and oxygen atoms in total. The summed E-state index contributed by atoms with van der Waals surface area (Å²) in [6.45, 7) is 5.94. The van der Waals surface area contributed by atoms with E-state index in [1.807, 2.05) is 7.05 Å². The lowest BCUT2D eigenvalue weighted by molar-refractivity contribution is -0.00839. The van der Waals surface area contributed by atoms with Crippen molar-refractivity contribution < 1.29 is 9.47 Å². The molecule has 0 spiro atoms. The van der Waals surface area contributed by atoms with Crippen LogP contribution < -0.4 is 5.32 Å². The van der Waals surface area contributed by atoms with Crippen molar-refractivity contribution in [3.63, 3.8) is 0 Å². The van der Waals surface area contributed by atoms with Gasteiger partial charge >= 0.3 is 0 Å². The first-order valence-corrected chi connectivity index (χ1v) is 7.38. The molecule has 0 amide bonds. The van der Waals surface area contributed by atoms with Crippen molar-refractivity contribution in [1.82, 2.24) is 10.2 Å². The highest BCUT2D eigenvalue weighted by Gasteiger charge is 2.24. The Morgan fingerprint density at radius 2 is 2.23 bits per heavy atom. The zero-order valence-electron chi connectivity index (χ0n) is 13.5. The Bertz CT molecular complexity index is 482. The Labute approximate surface area is 150 Å². The molecule has 1 heterocycles. The Morgan fingerprint density at radius 3 is 2.91 bits per heavy atom. The van der Waals surface area contributed by atoms with Gasteiger partial charge in [0.2, 0.25) is 0 Å². The van der Waals surface area contributed by atoms with Crippen LogP contribution in [-0.4, -0.2) is 57.9 Å². The van der Waals surface area contributed by atoms with Gasteiger partial charge in [-0.15, -0.1) is 24.0 Å². The van der Waals surface area contributed by atoms with Gasteiger partial charge in [0.25, 0.3) is 0 Å². The number of halogens is 1. The second-order valence-electron chi connectivity index (χ2n) is 5.13. The summed E-state index contributed by atoms with van der Waals surface area (Å²) in [4.78, 5) is 6.60. The summed E-state index contributed by atoms with van der Waals surface area (Å²) in [5, 5.41) is 3.32. The molecule has 1 aromatic carbocycles. The van der Waals surface area contributed by atoms with E-state index in [4.69, 9.17) is 9.47 Å². The van der Waals surface area contributed by atoms with Crippen molar-refractivity contribution in [2.45, 2.75) is 13.0 Å². The molecular formula is C16H26IN3O2. The summed E-state index contributed by atoms with van der Waals surface area (Å²) in [6.07, 6.45) is 0.0981. The van der Waals surface area contributed by atoms with Gasteiger partial charge in [-0.05, 0) is 18.1 Å². The van der Waals surface area contributed by atoms with E-state index in [0.29, 0.717) is 13.2 Å². The fraction of sp³-hybridized carbons (Fsp3) is 0.562. The summed E-state index contributed by atoms with van der Waals surface area (Å²) in [5.41, 5.74) is 2.53. The average Bonchev–Trinajstić information content (AvgIpc) is 2.52. The average molecular weight is 419 g/mol. The number of rotatable bonds is 4. The fourth-order valence-electron chi connectivity index (χ4n) is 2.58. The molecule has 1 fully saturated rings. The van der Waals surface area contributed by atoms with Crippen LogP contribution in [0.3, 0.4) is 0 Å². The standard InChI is InChI=1S/C16H25N3O2.HI/c1-13-6-4-5-7-14(13)15-12-19(9-11-21-15)16(17-2)18-8-10-20-3;/h4-7,15H,8-12H2,1-3H3,(H,17,18);1H. The zero-order chi connectivity index (χ0) is 15.1. The van der Waals surface area contributed by atoms with Crippen LogP contribution >= 0.6 is 24.0 Å². The van der Waals surface area contributed by atoms with E-state index in [1.54, 1.807) is 7.11 Å². The van der Waals surface area contributed by atoms with Crippen molar-refractivity contribution in [2.75, 3.05) is 47.0 Å². The van der Waals surface area contributed by atoms with Crippen LogP contribution in [0.15, 0.2) is 29.3 Å². The number of methoxy groups -OCH3 is 1. The van der Waals surface area contributed by atoms with Crippen LogP contribution in [-0.2, 0) is 9.47 Å². The third kappa shape index (κ3) is 5.10. The van der Waals surface area contributed by atoms with E-state index < -0.39 is 0 Å². The van der Waals surface area contributed by atoms with Crippen LogP contribution in [0.5, 0.6) is 0 Å². The van der Waals surface area contributed by atoms with Crippen LogP contribution in [0.2, 0.25) is 0 Å². The molecule has 1 aromatic rings. The highest BCUT2D eigenvalue weighted by Crippen LogP contribution is 2.24. The molecule has 0 radical (unpaired) electrons. The smallest absolute Gasteiger partial charge is 0.193 e. The number of morpholine rings is 1. The third-order valence-electron chi connectivity index (χ3n) is 3.70. The summed E-state index contributed by atoms with van der Waals surface area (Å²) < 4.78 is 11.0. The van der Waals surface area contributed by atoms with E-state index in [0.717, 1.165) is 25.6 Å². The fourth-order valence-corrected chi connectivity index (χ4v) is 2.58. The first-order valence-electron chi connectivity index (χ1n) is 7.38. The van der Waals surface area contributed by atoms with Crippen molar-refractivity contribution in [1.29, 1.82) is 0 Å². The quantitative estimate of drug-likeness (QED) is 0.352. The lowest BCUT2D eigenvalue weighted by Gasteiger charge is -2.35. The maximum absolute atomic E-state index is 5.95. The molecular weight excluding hydrogens is 393 g/mol. The molecule has 1 aliphatic heterocycles. The summed E-state index contributed by atoms with van der Waals surface area (Å²) in [7, 11) is 3.51. The predicted molar refractivity (Wildman–Crippen MR) is 100 cm³/mol. The number of aliphatic imine (C=N–C) groups is 1. The van der Waals surface area contributed by atoms with Gasteiger partial charge in [-0.1, -0.05) is 24.3 Å². The maximum atomic E-state index is 5.95. The highest BCUT2D eigenvalue weighted by atomic mass is 127. The molecule has 1 saturated heterocycles. The number of hydrogen-bond acceptors (Lipinski definition) is 3. The number of guanidine groups is 1. The van der Waals surface area contributed by atoms with E-state index >= 15 is 0 Å². The molecule has 22 heavy (non-hydrogen) atoms. The largest absolute Gasteiger partial charge is 0.383 e. The molecule has 2 rings (SSSR count). The minimum atomic E-state index is 0. The van der Waals surface area contributed by atoms with Gasteiger partial charge in [0, 0.05) is 27.2 Å². The van der Waals surface area contributed by atoms with Gasteiger partial charge in [0.1, 0.15) is 6.10 Å². The van der Waals surface area contributed by atoms with Gasteiger partial charge in [0.05, 0.1) is 19.8 Å². The minimum Gasteiger partial charge on any atom is -0.383 e. The number of aryl methyl sites for hydroxylation is 1. The normalized spacial score (nSPS) is 18.8. The molecule has 6 heteroatoms. The van der Waals surface area contributed by atoms with Crippen molar-refractivity contribution >= 4 is 29.9 Å². The monoisotopic (exact) mass is 419 g/mol. The summed E-state index contributed by atoms with van der Waals surface area (Å²) in [5.74, 6) is 0.911. The maximum Gasteiger partial charge on any atom is 0.193 e. The van der Waals surface area contributed by atoms with E-state index in [2.05, 4.69) is 46.4 Å². The Kier molecular flexibility index (Phi) is 8.74. The van der Waals surface area contributed by atoms with Gasteiger partial charge in [-0.2, -0.15) is 0 Å². The first kappa shape index (κ1) is 19.2. The molecule has 0 aromatic heterocycles. The number of hydrogen-bond donors (Lipinski definition) is 1. The van der Waals surface area contributed by atoms with Gasteiger partial charge in [0.15, 0.2) is 5.96 Å². The van der Waals surface area contributed by atoms with Crippen LogP contribution in [0.25, 0.3) is 0 Å². The van der Waals surface area contributed by atoms with E-state index in [-0.39, 0.29) is 30.1 Å². The zero-order valence-corrected chi connectivity index (χ0v) is 15.9. The van der Waals surface area contributed by atoms with Crippen LogP contribution in [0.4, 0.5) is 0 Å². The van der Waals surface area contributed by atoms with Crippen molar-refractivity contribution in [3.8, 4) is 0 Å².